The minimum atomic E-state index is -3.84. The highest BCUT2D eigenvalue weighted by Gasteiger charge is 2.24. The van der Waals surface area contributed by atoms with E-state index >= 15 is 0 Å². The Kier molecular flexibility index (Phi) is 5.64. The summed E-state index contributed by atoms with van der Waals surface area (Å²) in [7, 11) is -0.583. The van der Waals surface area contributed by atoms with E-state index in [1.807, 2.05) is 12.1 Å². The van der Waals surface area contributed by atoms with Gasteiger partial charge in [0.2, 0.25) is 0 Å². The number of benzene rings is 2. The molecular formula is C24H25N5O5S. The maximum atomic E-state index is 13.0. The fraction of sp³-hybridized carbons (Fsp3) is 0.250. The van der Waals surface area contributed by atoms with Gasteiger partial charge in [-0.15, -0.1) is 0 Å². The maximum absolute atomic E-state index is 13.0. The predicted octanol–water partition coefficient (Wildman–Crippen LogP) is 2.23. The van der Waals surface area contributed by atoms with Gasteiger partial charge in [-0.05, 0) is 54.6 Å². The number of nitrogens with one attached hydrogen (secondary N) is 1. The average Bonchev–Trinajstić information content (AvgIpc) is 3.48. The summed E-state index contributed by atoms with van der Waals surface area (Å²) in [5, 5.41) is 0. The zero-order chi connectivity index (χ0) is 24.7. The summed E-state index contributed by atoms with van der Waals surface area (Å²) in [6, 6.07) is 15.1. The van der Waals surface area contributed by atoms with Crippen LogP contribution in [0.2, 0.25) is 0 Å². The molecule has 1 saturated heterocycles. The minimum absolute atomic E-state index is 0.0765. The Hall–Kier alpha value is -3.99. The third kappa shape index (κ3) is 4.18. The number of aromatic nitrogens is 2. The molecule has 182 valence electrons. The third-order valence-electron chi connectivity index (χ3n) is 6.34. The van der Waals surface area contributed by atoms with Gasteiger partial charge in [-0.3, -0.25) is 18.7 Å². The van der Waals surface area contributed by atoms with Crippen molar-refractivity contribution in [3.8, 4) is 0 Å². The third-order valence-corrected chi connectivity index (χ3v) is 7.72. The van der Waals surface area contributed by atoms with Crippen molar-refractivity contribution in [3.63, 3.8) is 0 Å². The molecule has 1 amide bonds. The monoisotopic (exact) mass is 495 g/mol. The summed E-state index contributed by atoms with van der Waals surface area (Å²) in [5.74, 6) is 0.219. The first-order chi connectivity index (χ1) is 16.7. The maximum Gasteiger partial charge on any atom is 0.328 e. The fourth-order valence-corrected chi connectivity index (χ4v) is 5.41. The molecule has 0 bridgehead atoms. The Bertz CT molecular complexity index is 1540. The lowest BCUT2D eigenvalue weighted by atomic mass is 10.2. The van der Waals surface area contributed by atoms with E-state index in [1.165, 1.54) is 27.5 Å². The highest BCUT2D eigenvalue weighted by Crippen LogP contribution is 2.24. The van der Waals surface area contributed by atoms with E-state index in [0.717, 1.165) is 5.69 Å². The van der Waals surface area contributed by atoms with Crippen LogP contribution >= 0.6 is 0 Å². The van der Waals surface area contributed by atoms with Crippen molar-refractivity contribution in [3.05, 3.63) is 77.1 Å². The van der Waals surface area contributed by atoms with Crippen molar-refractivity contribution in [2.45, 2.75) is 4.90 Å². The Morgan fingerprint density at radius 1 is 0.914 bits per heavy atom. The molecule has 3 heterocycles. The Labute approximate surface area is 202 Å². The number of furan rings is 1. The second-order valence-corrected chi connectivity index (χ2v) is 10.1. The largest absolute Gasteiger partial charge is 0.459 e. The van der Waals surface area contributed by atoms with Gasteiger partial charge in [0.25, 0.3) is 15.9 Å². The lowest BCUT2D eigenvalue weighted by Gasteiger charge is -2.35. The molecule has 1 aliphatic heterocycles. The van der Waals surface area contributed by atoms with Gasteiger partial charge in [0.05, 0.1) is 22.2 Å². The fourth-order valence-electron chi connectivity index (χ4n) is 4.33. The molecule has 10 nitrogen and oxygen atoms in total. The Morgan fingerprint density at radius 3 is 2.26 bits per heavy atom. The summed E-state index contributed by atoms with van der Waals surface area (Å²) in [6.07, 6.45) is 1.49. The molecule has 0 atom stereocenters. The van der Waals surface area contributed by atoms with Gasteiger partial charge in [0.1, 0.15) is 0 Å². The molecule has 1 N–H and O–H groups in total. The van der Waals surface area contributed by atoms with Gasteiger partial charge >= 0.3 is 5.69 Å². The molecular weight excluding hydrogens is 470 g/mol. The molecule has 5 rings (SSSR count). The van der Waals surface area contributed by atoms with E-state index in [0.29, 0.717) is 48.7 Å². The molecule has 2 aromatic heterocycles. The van der Waals surface area contributed by atoms with Crippen molar-refractivity contribution in [1.29, 1.82) is 0 Å². The first-order valence-corrected chi connectivity index (χ1v) is 12.6. The topological polar surface area (TPSA) is 110 Å². The number of fused-ring (bicyclic) bond motifs is 1. The van der Waals surface area contributed by atoms with Crippen LogP contribution in [0.5, 0.6) is 0 Å². The summed E-state index contributed by atoms with van der Waals surface area (Å²) in [6.45, 7) is 2.46. The number of imidazole rings is 1. The number of carbonyl (C=O) groups excluding carboxylic acids is 1. The zero-order valence-corrected chi connectivity index (χ0v) is 20.2. The number of anilines is 2. The molecule has 11 heteroatoms. The number of aryl methyl sites for hydroxylation is 2. The number of sulfonamides is 1. The van der Waals surface area contributed by atoms with Crippen molar-refractivity contribution in [1.82, 2.24) is 14.0 Å². The molecule has 1 fully saturated rings. The van der Waals surface area contributed by atoms with Gasteiger partial charge in [-0.25, -0.2) is 13.2 Å². The van der Waals surface area contributed by atoms with Crippen LogP contribution < -0.4 is 15.3 Å². The molecule has 1 aliphatic rings. The molecule has 35 heavy (non-hydrogen) atoms. The molecule has 0 aliphatic carbocycles. The molecule has 0 spiro atoms. The number of carbonyl (C=O) groups is 1. The quantitative estimate of drug-likeness (QED) is 0.455. The molecule has 2 aromatic carbocycles. The SMILES string of the molecule is Cn1c(=O)n(C)c2cc(S(=O)(=O)Nc3ccc(N4CCN(C(=O)c5ccco5)CC4)cc3)ccc21. The van der Waals surface area contributed by atoms with E-state index in [-0.39, 0.29) is 16.5 Å². The highest BCUT2D eigenvalue weighted by atomic mass is 32.2. The Morgan fingerprint density at radius 2 is 1.60 bits per heavy atom. The lowest BCUT2D eigenvalue weighted by molar-refractivity contribution is 0.0714. The number of hydrogen-bond donors (Lipinski definition) is 1. The predicted molar refractivity (Wildman–Crippen MR) is 132 cm³/mol. The van der Waals surface area contributed by atoms with Gasteiger partial charge in [0, 0.05) is 51.6 Å². The first kappa shape index (κ1) is 22.8. The van der Waals surface area contributed by atoms with Crippen LogP contribution in [0.25, 0.3) is 11.0 Å². The minimum Gasteiger partial charge on any atom is -0.459 e. The number of rotatable bonds is 5. The van der Waals surface area contributed by atoms with Crippen molar-refractivity contribution >= 4 is 38.3 Å². The highest BCUT2D eigenvalue weighted by molar-refractivity contribution is 7.92. The van der Waals surface area contributed by atoms with Gasteiger partial charge < -0.3 is 14.2 Å². The van der Waals surface area contributed by atoms with Gasteiger partial charge in [-0.1, -0.05) is 0 Å². The number of piperazine rings is 1. The van der Waals surface area contributed by atoms with E-state index in [4.69, 9.17) is 4.42 Å². The number of amides is 1. The average molecular weight is 496 g/mol. The van der Waals surface area contributed by atoms with Crippen LogP contribution in [0.4, 0.5) is 11.4 Å². The summed E-state index contributed by atoms with van der Waals surface area (Å²) < 4.78 is 36.6. The van der Waals surface area contributed by atoms with Crippen LogP contribution in [0.15, 0.2) is 75.0 Å². The molecule has 0 unspecified atom stereocenters. The lowest BCUT2D eigenvalue weighted by Crippen LogP contribution is -2.48. The van der Waals surface area contributed by atoms with Crippen LogP contribution in [0.3, 0.4) is 0 Å². The van der Waals surface area contributed by atoms with Crippen molar-refractivity contribution < 1.29 is 17.6 Å². The smallest absolute Gasteiger partial charge is 0.328 e. The van der Waals surface area contributed by atoms with E-state index in [1.54, 1.807) is 49.3 Å². The summed E-state index contributed by atoms with van der Waals surface area (Å²) in [5.41, 5.74) is 2.36. The van der Waals surface area contributed by atoms with E-state index < -0.39 is 10.0 Å². The standard InChI is InChI=1S/C24H25N5O5S/c1-26-20-10-9-19(16-21(20)27(2)24(26)31)35(32,33)25-17-5-7-18(8-6-17)28-11-13-29(14-12-28)23(30)22-4-3-15-34-22/h3-10,15-16,25H,11-14H2,1-2H3. The van der Waals surface area contributed by atoms with E-state index in [2.05, 4.69) is 9.62 Å². The number of nitrogens with zero attached hydrogens (tertiary/aromatic N) is 4. The van der Waals surface area contributed by atoms with Gasteiger partial charge in [-0.2, -0.15) is 0 Å². The molecule has 0 saturated carbocycles. The van der Waals surface area contributed by atoms with Crippen LogP contribution in [-0.2, 0) is 24.1 Å². The summed E-state index contributed by atoms with van der Waals surface area (Å²) in [4.78, 5) is 28.6. The molecule has 0 radical (unpaired) electrons. The number of hydrogen-bond acceptors (Lipinski definition) is 6. The summed E-state index contributed by atoms with van der Waals surface area (Å²) >= 11 is 0. The van der Waals surface area contributed by atoms with Crippen LogP contribution in [-0.4, -0.2) is 54.5 Å². The van der Waals surface area contributed by atoms with Crippen LogP contribution in [0, 0.1) is 0 Å². The van der Waals surface area contributed by atoms with Crippen molar-refractivity contribution in [2.24, 2.45) is 14.1 Å². The van der Waals surface area contributed by atoms with Gasteiger partial charge in [0.15, 0.2) is 5.76 Å². The second-order valence-electron chi connectivity index (χ2n) is 8.46. The zero-order valence-electron chi connectivity index (χ0n) is 19.3. The Balaban J connectivity index is 1.26. The van der Waals surface area contributed by atoms with E-state index in [9.17, 15) is 18.0 Å². The van der Waals surface area contributed by atoms with Crippen LogP contribution in [0.1, 0.15) is 10.6 Å². The first-order valence-electron chi connectivity index (χ1n) is 11.1. The normalized spacial score (nSPS) is 14.5. The van der Waals surface area contributed by atoms with Crippen molar-refractivity contribution in [2.75, 3.05) is 35.8 Å². The molecule has 4 aromatic rings. The second kappa shape index (κ2) is 8.66.